The van der Waals surface area contributed by atoms with Crippen LogP contribution in [0.4, 0.5) is 0 Å². The summed E-state index contributed by atoms with van der Waals surface area (Å²) < 4.78 is 0. The summed E-state index contributed by atoms with van der Waals surface area (Å²) >= 11 is 12.1. The van der Waals surface area contributed by atoms with Crippen molar-refractivity contribution in [1.82, 2.24) is 4.90 Å². The van der Waals surface area contributed by atoms with E-state index in [-0.39, 0.29) is 0 Å². The molecule has 0 aliphatic carbocycles. The molecule has 0 saturated carbocycles. The second-order valence-electron chi connectivity index (χ2n) is 4.69. The molecule has 0 amide bonds. The Kier molecular flexibility index (Phi) is 4.72. The van der Waals surface area contributed by atoms with Gasteiger partial charge in [-0.05, 0) is 50.0 Å². The number of likely N-dealkylation sites (tertiary alicyclic amines) is 1. The van der Waals surface area contributed by atoms with E-state index in [4.69, 9.17) is 23.2 Å². The fourth-order valence-electron chi connectivity index (χ4n) is 2.65. The molecule has 1 aromatic rings. The van der Waals surface area contributed by atoms with Gasteiger partial charge in [0.15, 0.2) is 0 Å². The standard InChI is InChI=1S/C14H19Cl2N/c1-2-14(17-8-4-3-5-9-17)11-6-7-12(15)13(16)10-11/h6-7,10,14H,2-5,8-9H2,1H3. The first kappa shape index (κ1) is 13.2. The zero-order chi connectivity index (χ0) is 12.3. The maximum atomic E-state index is 6.10. The van der Waals surface area contributed by atoms with Crippen LogP contribution in [-0.4, -0.2) is 18.0 Å². The summed E-state index contributed by atoms with van der Waals surface area (Å²) in [6, 6.07) is 6.53. The molecule has 1 heterocycles. The van der Waals surface area contributed by atoms with E-state index in [9.17, 15) is 0 Å². The maximum absolute atomic E-state index is 6.10. The van der Waals surface area contributed by atoms with Gasteiger partial charge in [-0.2, -0.15) is 0 Å². The minimum atomic E-state index is 0.491. The topological polar surface area (TPSA) is 3.24 Å². The van der Waals surface area contributed by atoms with Crippen LogP contribution >= 0.6 is 23.2 Å². The number of rotatable bonds is 3. The fourth-order valence-corrected chi connectivity index (χ4v) is 2.96. The van der Waals surface area contributed by atoms with Gasteiger partial charge in [0.05, 0.1) is 10.0 Å². The SMILES string of the molecule is CCC(c1ccc(Cl)c(Cl)c1)N1CCCCC1. The van der Waals surface area contributed by atoms with Crippen molar-refractivity contribution >= 4 is 23.2 Å². The molecule has 1 aliphatic rings. The lowest BCUT2D eigenvalue weighted by Crippen LogP contribution is -2.33. The van der Waals surface area contributed by atoms with Crippen molar-refractivity contribution in [2.24, 2.45) is 0 Å². The molecule has 3 heteroatoms. The third kappa shape index (κ3) is 3.15. The van der Waals surface area contributed by atoms with Crippen molar-refractivity contribution in [1.29, 1.82) is 0 Å². The van der Waals surface area contributed by atoms with Crippen LogP contribution in [-0.2, 0) is 0 Å². The number of hydrogen-bond acceptors (Lipinski definition) is 1. The van der Waals surface area contributed by atoms with E-state index in [1.54, 1.807) is 0 Å². The summed E-state index contributed by atoms with van der Waals surface area (Å²) in [7, 11) is 0. The lowest BCUT2D eigenvalue weighted by Gasteiger charge is -2.34. The van der Waals surface area contributed by atoms with Crippen molar-refractivity contribution in [2.75, 3.05) is 13.1 Å². The Morgan fingerprint density at radius 1 is 1.12 bits per heavy atom. The van der Waals surface area contributed by atoms with E-state index in [0.29, 0.717) is 16.1 Å². The molecule has 1 atom stereocenters. The summed E-state index contributed by atoms with van der Waals surface area (Å²) in [6.45, 7) is 4.65. The highest BCUT2D eigenvalue weighted by Gasteiger charge is 2.21. The number of benzene rings is 1. The maximum Gasteiger partial charge on any atom is 0.0595 e. The highest BCUT2D eigenvalue weighted by atomic mass is 35.5. The second-order valence-corrected chi connectivity index (χ2v) is 5.51. The normalized spacial score (nSPS) is 19.2. The third-order valence-electron chi connectivity index (χ3n) is 3.55. The Labute approximate surface area is 114 Å². The Bertz CT molecular complexity index is 372. The lowest BCUT2D eigenvalue weighted by atomic mass is 10.00. The fraction of sp³-hybridized carbons (Fsp3) is 0.571. The minimum Gasteiger partial charge on any atom is -0.296 e. The van der Waals surface area contributed by atoms with Gasteiger partial charge < -0.3 is 0 Å². The van der Waals surface area contributed by atoms with Crippen molar-refractivity contribution < 1.29 is 0 Å². The van der Waals surface area contributed by atoms with Gasteiger partial charge in [0.1, 0.15) is 0 Å². The van der Waals surface area contributed by atoms with Crippen LogP contribution < -0.4 is 0 Å². The van der Waals surface area contributed by atoms with E-state index in [1.807, 2.05) is 12.1 Å². The Morgan fingerprint density at radius 3 is 2.41 bits per heavy atom. The Balaban J connectivity index is 2.18. The largest absolute Gasteiger partial charge is 0.296 e. The van der Waals surface area contributed by atoms with Crippen LogP contribution in [0.2, 0.25) is 10.0 Å². The molecule has 17 heavy (non-hydrogen) atoms. The predicted octanol–water partition coefficient (Wildman–Crippen LogP) is 4.93. The molecule has 0 radical (unpaired) electrons. The first-order valence-corrected chi connectivity index (χ1v) is 7.17. The van der Waals surface area contributed by atoms with Crippen LogP contribution in [0.15, 0.2) is 18.2 Å². The molecule has 1 aromatic carbocycles. The molecule has 0 aromatic heterocycles. The zero-order valence-electron chi connectivity index (χ0n) is 10.3. The summed E-state index contributed by atoms with van der Waals surface area (Å²) in [5, 5.41) is 1.31. The predicted molar refractivity (Wildman–Crippen MR) is 74.9 cm³/mol. The number of halogens is 2. The quantitative estimate of drug-likeness (QED) is 0.754. The number of hydrogen-bond donors (Lipinski definition) is 0. The van der Waals surface area contributed by atoms with Crippen LogP contribution in [0.3, 0.4) is 0 Å². The summed E-state index contributed by atoms with van der Waals surface area (Å²) in [4.78, 5) is 2.57. The zero-order valence-corrected chi connectivity index (χ0v) is 11.8. The van der Waals surface area contributed by atoms with Crippen molar-refractivity contribution in [2.45, 2.75) is 38.6 Å². The van der Waals surface area contributed by atoms with E-state index in [0.717, 1.165) is 6.42 Å². The molecule has 94 valence electrons. The third-order valence-corrected chi connectivity index (χ3v) is 4.29. The Morgan fingerprint density at radius 2 is 1.82 bits per heavy atom. The van der Waals surface area contributed by atoms with E-state index in [1.165, 1.54) is 37.9 Å². The van der Waals surface area contributed by atoms with Crippen LogP contribution in [0.1, 0.15) is 44.2 Å². The van der Waals surface area contributed by atoms with E-state index in [2.05, 4.69) is 17.9 Å². The van der Waals surface area contributed by atoms with Gasteiger partial charge in [-0.15, -0.1) is 0 Å². The molecule has 2 rings (SSSR count). The molecule has 1 saturated heterocycles. The molecule has 1 nitrogen and oxygen atoms in total. The van der Waals surface area contributed by atoms with Gasteiger partial charge in [-0.3, -0.25) is 4.90 Å². The molecular formula is C14H19Cl2N. The molecule has 0 N–H and O–H groups in total. The van der Waals surface area contributed by atoms with Crippen LogP contribution in [0.5, 0.6) is 0 Å². The summed E-state index contributed by atoms with van der Waals surface area (Å²) in [5.41, 5.74) is 1.30. The highest BCUT2D eigenvalue weighted by Crippen LogP contribution is 2.31. The van der Waals surface area contributed by atoms with Gasteiger partial charge in [-0.25, -0.2) is 0 Å². The van der Waals surface area contributed by atoms with Gasteiger partial charge in [0.25, 0.3) is 0 Å². The van der Waals surface area contributed by atoms with E-state index < -0.39 is 0 Å². The van der Waals surface area contributed by atoms with Gasteiger partial charge in [0, 0.05) is 6.04 Å². The molecule has 0 spiro atoms. The number of piperidine rings is 1. The van der Waals surface area contributed by atoms with Crippen molar-refractivity contribution in [3.63, 3.8) is 0 Å². The highest BCUT2D eigenvalue weighted by molar-refractivity contribution is 6.42. The average Bonchev–Trinajstić information content (AvgIpc) is 2.36. The second kappa shape index (κ2) is 6.08. The average molecular weight is 272 g/mol. The molecular weight excluding hydrogens is 253 g/mol. The van der Waals surface area contributed by atoms with Gasteiger partial charge in [-0.1, -0.05) is 42.6 Å². The first-order valence-electron chi connectivity index (χ1n) is 6.41. The van der Waals surface area contributed by atoms with Crippen LogP contribution in [0.25, 0.3) is 0 Å². The van der Waals surface area contributed by atoms with E-state index >= 15 is 0 Å². The number of nitrogens with zero attached hydrogens (tertiary/aromatic N) is 1. The molecule has 1 unspecified atom stereocenters. The molecule has 0 bridgehead atoms. The molecule has 1 aliphatic heterocycles. The smallest absolute Gasteiger partial charge is 0.0595 e. The minimum absolute atomic E-state index is 0.491. The summed E-state index contributed by atoms with van der Waals surface area (Å²) in [6.07, 6.45) is 5.13. The van der Waals surface area contributed by atoms with Gasteiger partial charge >= 0.3 is 0 Å². The summed E-state index contributed by atoms with van der Waals surface area (Å²) in [5.74, 6) is 0. The Hall–Kier alpha value is -0.240. The monoisotopic (exact) mass is 271 g/mol. The first-order chi connectivity index (χ1) is 8.22. The van der Waals surface area contributed by atoms with Crippen molar-refractivity contribution in [3.8, 4) is 0 Å². The van der Waals surface area contributed by atoms with Crippen molar-refractivity contribution in [3.05, 3.63) is 33.8 Å². The lowest BCUT2D eigenvalue weighted by molar-refractivity contribution is 0.159. The molecule has 1 fully saturated rings. The van der Waals surface area contributed by atoms with Crippen LogP contribution in [0, 0.1) is 0 Å². The van der Waals surface area contributed by atoms with Gasteiger partial charge in [0.2, 0.25) is 0 Å².